The molecule has 0 aliphatic rings. The van der Waals surface area contributed by atoms with Gasteiger partial charge < -0.3 is 14.6 Å². The number of carbonyl (C=O) groups is 1. The molecule has 30 heavy (non-hydrogen) atoms. The Labute approximate surface area is 169 Å². The zero-order chi connectivity index (χ0) is 21.9. The minimum absolute atomic E-state index is 0.173. The van der Waals surface area contributed by atoms with Gasteiger partial charge in [-0.05, 0) is 42.7 Å². The Morgan fingerprint density at radius 3 is 2.73 bits per heavy atom. The largest absolute Gasteiger partial charge is 0.435 e. The van der Waals surface area contributed by atoms with Gasteiger partial charge in [0.05, 0.1) is 0 Å². The molecule has 0 saturated heterocycles. The van der Waals surface area contributed by atoms with Crippen LogP contribution in [0.2, 0.25) is 0 Å². The predicted octanol–water partition coefficient (Wildman–Crippen LogP) is 4.14. The van der Waals surface area contributed by atoms with Crippen molar-refractivity contribution in [1.82, 2.24) is 15.3 Å². The Kier molecular flexibility index (Phi) is 6.04. The van der Waals surface area contributed by atoms with Gasteiger partial charge in [0.1, 0.15) is 11.2 Å². The fraction of sp³-hybridized carbons (Fsp3) is 0.300. The zero-order valence-corrected chi connectivity index (χ0v) is 16.5. The summed E-state index contributed by atoms with van der Waals surface area (Å²) in [5, 5.41) is 5.79. The fourth-order valence-electron chi connectivity index (χ4n) is 2.73. The molecule has 158 valence electrons. The molecule has 0 radical (unpaired) electrons. The maximum atomic E-state index is 12.3. The number of fused-ring (bicyclic) bond motifs is 1. The number of rotatable bonds is 5. The van der Waals surface area contributed by atoms with Gasteiger partial charge in [0.25, 0.3) is 0 Å². The summed E-state index contributed by atoms with van der Waals surface area (Å²) in [7, 11) is 0. The predicted molar refractivity (Wildman–Crippen MR) is 104 cm³/mol. The van der Waals surface area contributed by atoms with Crippen LogP contribution in [0.15, 0.2) is 40.0 Å². The highest BCUT2D eigenvalue weighted by molar-refractivity contribution is 6.07. The van der Waals surface area contributed by atoms with Gasteiger partial charge in [-0.15, -0.1) is 0 Å². The summed E-state index contributed by atoms with van der Waals surface area (Å²) in [6.07, 6.45) is -2.65. The Hall–Kier alpha value is -3.43. The second kappa shape index (κ2) is 8.52. The van der Waals surface area contributed by atoms with Crippen molar-refractivity contribution < 1.29 is 27.2 Å². The number of hydrogen-bond donors (Lipinski definition) is 1. The number of halogens is 3. The van der Waals surface area contributed by atoms with E-state index in [-0.39, 0.29) is 5.84 Å². The third kappa shape index (κ3) is 5.13. The summed E-state index contributed by atoms with van der Waals surface area (Å²) in [6, 6.07) is 7.27. The molecular formula is C20H19F3N4O3. The molecule has 0 atom stereocenters. The van der Waals surface area contributed by atoms with Crippen molar-refractivity contribution in [2.75, 3.05) is 6.61 Å². The van der Waals surface area contributed by atoms with Crippen molar-refractivity contribution in [2.45, 2.75) is 33.4 Å². The van der Waals surface area contributed by atoms with Crippen LogP contribution in [0.5, 0.6) is 0 Å². The SMILES string of the molecule is CCc1cc(/C(=N/OCC(F)(F)F)NC(C)=O)cnc1-c1nc2cc(C)ccc2o1. The number of oxazole rings is 1. The Morgan fingerprint density at radius 2 is 2.07 bits per heavy atom. The maximum Gasteiger partial charge on any atom is 0.425 e. The Bertz CT molecular complexity index is 1110. The Balaban J connectivity index is 1.97. The van der Waals surface area contributed by atoms with Gasteiger partial charge in [-0.2, -0.15) is 13.2 Å². The maximum absolute atomic E-state index is 12.3. The van der Waals surface area contributed by atoms with Crippen molar-refractivity contribution in [3.05, 3.63) is 47.2 Å². The van der Waals surface area contributed by atoms with Crippen molar-refractivity contribution >= 4 is 22.8 Å². The minimum atomic E-state index is -4.55. The van der Waals surface area contributed by atoms with Crippen LogP contribution in [-0.4, -0.2) is 34.5 Å². The van der Waals surface area contributed by atoms with E-state index >= 15 is 0 Å². The summed E-state index contributed by atoms with van der Waals surface area (Å²) >= 11 is 0. The first kappa shape index (κ1) is 21.3. The number of benzene rings is 1. The highest BCUT2D eigenvalue weighted by Crippen LogP contribution is 2.27. The average molecular weight is 420 g/mol. The van der Waals surface area contributed by atoms with Crippen LogP contribution >= 0.6 is 0 Å². The van der Waals surface area contributed by atoms with Crippen LogP contribution < -0.4 is 5.32 Å². The van der Waals surface area contributed by atoms with Crippen LogP contribution in [0, 0.1) is 6.92 Å². The molecule has 2 heterocycles. The molecule has 0 aliphatic carbocycles. The molecule has 0 spiro atoms. The molecule has 0 unspecified atom stereocenters. The van der Waals surface area contributed by atoms with E-state index in [1.807, 2.05) is 32.0 Å². The molecule has 3 aromatic rings. The lowest BCUT2D eigenvalue weighted by Crippen LogP contribution is -2.30. The molecule has 1 amide bonds. The molecule has 0 fully saturated rings. The quantitative estimate of drug-likeness (QED) is 0.381. The van der Waals surface area contributed by atoms with E-state index in [1.165, 1.54) is 13.1 Å². The number of amidine groups is 1. The third-order valence-corrected chi connectivity index (χ3v) is 4.05. The molecule has 1 aromatic carbocycles. The summed E-state index contributed by atoms with van der Waals surface area (Å²) in [4.78, 5) is 24.6. The lowest BCUT2D eigenvalue weighted by atomic mass is 10.1. The number of aromatic nitrogens is 2. The summed E-state index contributed by atoms with van der Waals surface area (Å²) in [5.41, 5.74) is 3.85. The first-order chi connectivity index (χ1) is 14.2. The summed E-state index contributed by atoms with van der Waals surface area (Å²) in [5.74, 6) is -0.361. The van der Waals surface area contributed by atoms with E-state index in [2.05, 4.69) is 25.3 Å². The molecule has 2 aromatic heterocycles. The molecule has 1 N–H and O–H groups in total. The average Bonchev–Trinajstić information content (AvgIpc) is 3.08. The van der Waals surface area contributed by atoms with E-state index in [0.29, 0.717) is 40.2 Å². The second-order valence-corrected chi connectivity index (χ2v) is 6.59. The standard InChI is InChI=1S/C20H19F3N4O3/c1-4-13-8-14(18(25-12(3)28)27-29-10-20(21,22)23)9-24-17(13)19-26-15-7-11(2)5-6-16(15)30-19/h5-9H,4,10H2,1-3H3,(H,25,27,28). The van der Waals surface area contributed by atoms with E-state index in [0.717, 1.165) is 5.56 Å². The highest BCUT2D eigenvalue weighted by Gasteiger charge is 2.29. The van der Waals surface area contributed by atoms with E-state index in [4.69, 9.17) is 4.42 Å². The van der Waals surface area contributed by atoms with Crippen molar-refractivity contribution in [2.24, 2.45) is 5.16 Å². The van der Waals surface area contributed by atoms with Gasteiger partial charge in [0, 0.05) is 18.7 Å². The number of oxime groups is 1. The van der Waals surface area contributed by atoms with E-state index in [1.54, 1.807) is 6.07 Å². The number of amides is 1. The molecule has 7 nitrogen and oxygen atoms in total. The number of pyridine rings is 1. The van der Waals surface area contributed by atoms with Crippen molar-refractivity contribution in [3.8, 4) is 11.6 Å². The molecule has 0 aliphatic heterocycles. The lowest BCUT2D eigenvalue weighted by molar-refractivity contribution is -0.173. The second-order valence-electron chi connectivity index (χ2n) is 6.59. The molecular weight excluding hydrogens is 401 g/mol. The van der Waals surface area contributed by atoms with Gasteiger partial charge >= 0.3 is 6.18 Å². The van der Waals surface area contributed by atoms with Crippen LogP contribution in [0.1, 0.15) is 30.5 Å². The lowest BCUT2D eigenvalue weighted by Gasteiger charge is -2.11. The molecule has 0 saturated carbocycles. The summed E-state index contributed by atoms with van der Waals surface area (Å²) in [6.45, 7) is 3.46. The minimum Gasteiger partial charge on any atom is -0.435 e. The number of hydrogen-bond acceptors (Lipinski definition) is 6. The van der Waals surface area contributed by atoms with E-state index in [9.17, 15) is 18.0 Å². The first-order valence-electron chi connectivity index (χ1n) is 9.07. The number of nitrogens with one attached hydrogen (secondary N) is 1. The molecule has 10 heteroatoms. The highest BCUT2D eigenvalue weighted by atomic mass is 19.4. The number of alkyl halides is 3. The zero-order valence-electron chi connectivity index (χ0n) is 16.5. The van der Waals surface area contributed by atoms with Gasteiger partial charge in [-0.3, -0.25) is 9.78 Å². The summed E-state index contributed by atoms with van der Waals surface area (Å²) < 4.78 is 42.8. The molecule has 3 rings (SSSR count). The van der Waals surface area contributed by atoms with Gasteiger partial charge in [-0.25, -0.2) is 4.98 Å². The van der Waals surface area contributed by atoms with Crippen LogP contribution in [-0.2, 0) is 16.1 Å². The number of nitrogens with zero attached hydrogens (tertiary/aromatic N) is 3. The molecule has 0 bridgehead atoms. The van der Waals surface area contributed by atoms with Crippen molar-refractivity contribution in [3.63, 3.8) is 0 Å². The van der Waals surface area contributed by atoms with E-state index < -0.39 is 18.7 Å². The first-order valence-corrected chi connectivity index (χ1v) is 9.07. The van der Waals surface area contributed by atoms with Crippen LogP contribution in [0.25, 0.3) is 22.7 Å². The third-order valence-electron chi connectivity index (χ3n) is 4.05. The monoisotopic (exact) mass is 420 g/mol. The fourth-order valence-corrected chi connectivity index (χ4v) is 2.73. The Morgan fingerprint density at radius 1 is 1.30 bits per heavy atom. The van der Waals surface area contributed by atoms with Crippen molar-refractivity contribution in [1.29, 1.82) is 0 Å². The topological polar surface area (TPSA) is 89.6 Å². The number of carbonyl (C=O) groups excluding carboxylic acids is 1. The van der Waals surface area contributed by atoms with Crippen LogP contribution in [0.4, 0.5) is 13.2 Å². The van der Waals surface area contributed by atoms with Gasteiger partial charge in [0.15, 0.2) is 11.4 Å². The number of aryl methyl sites for hydroxylation is 2. The van der Waals surface area contributed by atoms with Gasteiger partial charge in [-0.1, -0.05) is 18.1 Å². The van der Waals surface area contributed by atoms with Gasteiger partial charge in [0.2, 0.25) is 18.4 Å². The normalized spacial score (nSPS) is 12.3. The van der Waals surface area contributed by atoms with Crippen LogP contribution in [0.3, 0.4) is 0 Å². The smallest absolute Gasteiger partial charge is 0.425 e.